The third-order valence-corrected chi connectivity index (χ3v) is 8.86. The van der Waals surface area contributed by atoms with Crippen molar-refractivity contribution in [3.05, 3.63) is 47.3 Å². The van der Waals surface area contributed by atoms with Crippen LogP contribution in [0.3, 0.4) is 0 Å². The molecule has 39 heavy (non-hydrogen) atoms. The summed E-state index contributed by atoms with van der Waals surface area (Å²) in [6, 6.07) is 4.51. The van der Waals surface area contributed by atoms with Gasteiger partial charge in [0.15, 0.2) is 0 Å². The number of hydrogen-bond acceptors (Lipinski definition) is 7. The molecular formula is C28H34N6O5. The molecule has 4 amide bonds. The van der Waals surface area contributed by atoms with Crippen LogP contribution >= 0.6 is 0 Å². The first-order valence-electron chi connectivity index (χ1n) is 13.8. The fourth-order valence-corrected chi connectivity index (χ4v) is 6.29. The van der Waals surface area contributed by atoms with Gasteiger partial charge in [-0.3, -0.25) is 28.8 Å². The standard InChI is InChI=1S/C28H34N6O5/c1-28(10-3-11-28)27(39)32-12-8-18(9-13-32)33-16-17(15-30-33)14-29-20-5-2-4-19-23(20)26(38)34(25(19)37)21-6-7-22(35)31-24(21)36/h2,4-5,15-16,18,21,24,29,36H,3,6-14H2,1H3,(H,31,35). The normalized spacial score (nSPS) is 24.8. The molecule has 2 atom stereocenters. The number of rotatable bonds is 6. The van der Waals surface area contributed by atoms with Crippen molar-refractivity contribution in [3.63, 3.8) is 0 Å². The van der Waals surface area contributed by atoms with Gasteiger partial charge in [0.25, 0.3) is 11.8 Å². The summed E-state index contributed by atoms with van der Waals surface area (Å²) in [6.45, 7) is 3.98. The second-order valence-corrected chi connectivity index (χ2v) is 11.4. The zero-order chi connectivity index (χ0) is 27.3. The molecule has 6 rings (SSSR count). The topological polar surface area (TPSA) is 137 Å². The number of fused-ring (bicyclic) bond motifs is 1. The predicted octanol–water partition coefficient (Wildman–Crippen LogP) is 2.04. The lowest BCUT2D eigenvalue weighted by Crippen LogP contribution is -2.57. The second-order valence-electron chi connectivity index (χ2n) is 11.4. The molecule has 4 heterocycles. The van der Waals surface area contributed by atoms with Crippen LogP contribution in [0.25, 0.3) is 0 Å². The van der Waals surface area contributed by atoms with Crippen molar-refractivity contribution >= 4 is 29.3 Å². The summed E-state index contributed by atoms with van der Waals surface area (Å²) in [5.41, 5.74) is 1.86. The Morgan fingerprint density at radius 2 is 1.92 bits per heavy atom. The van der Waals surface area contributed by atoms with E-state index in [-0.39, 0.29) is 41.3 Å². The molecule has 2 unspecified atom stereocenters. The average Bonchev–Trinajstić information content (AvgIpc) is 3.49. The number of imide groups is 1. The van der Waals surface area contributed by atoms with Gasteiger partial charge in [0.1, 0.15) is 6.23 Å². The Balaban J connectivity index is 1.09. The van der Waals surface area contributed by atoms with Crippen LogP contribution in [0.4, 0.5) is 5.69 Å². The van der Waals surface area contributed by atoms with E-state index >= 15 is 0 Å². The molecule has 3 aliphatic heterocycles. The summed E-state index contributed by atoms with van der Waals surface area (Å²) >= 11 is 0. The molecule has 206 valence electrons. The highest BCUT2D eigenvalue weighted by atomic mass is 16.3. The van der Waals surface area contributed by atoms with Crippen molar-refractivity contribution in [3.8, 4) is 0 Å². The van der Waals surface area contributed by atoms with Crippen molar-refractivity contribution < 1.29 is 24.3 Å². The largest absolute Gasteiger partial charge is 0.380 e. The van der Waals surface area contributed by atoms with Gasteiger partial charge in [-0.15, -0.1) is 0 Å². The first-order valence-corrected chi connectivity index (χ1v) is 13.8. The SMILES string of the molecule is CC1(C(=O)N2CCC(n3cc(CNc4cccc5c4C(=O)N(C4CCC(=O)NC4O)C5=O)cn3)CC2)CCC1. The maximum Gasteiger partial charge on any atom is 0.264 e. The summed E-state index contributed by atoms with van der Waals surface area (Å²) in [7, 11) is 0. The highest BCUT2D eigenvalue weighted by molar-refractivity contribution is 6.24. The van der Waals surface area contributed by atoms with Gasteiger partial charge in [-0.05, 0) is 44.2 Å². The molecule has 4 aliphatic rings. The molecule has 1 aromatic carbocycles. The number of aliphatic hydroxyl groups excluding tert-OH is 1. The van der Waals surface area contributed by atoms with E-state index in [0.29, 0.717) is 18.1 Å². The monoisotopic (exact) mass is 534 g/mol. The molecule has 3 fully saturated rings. The molecule has 0 spiro atoms. The van der Waals surface area contributed by atoms with Crippen molar-refractivity contribution in [2.45, 2.75) is 76.7 Å². The molecule has 0 bridgehead atoms. The zero-order valence-electron chi connectivity index (χ0n) is 22.1. The average molecular weight is 535 g/mol. The third-order valence-electron chi connectivity index (χ3n) is 8.86. The summed E-state index contributed by atoms with van der Waals surface area (Å²) in [4.78, 5) is 54.0. The van der Waals surface area contributed by atoms with Crippen molar-refractivity contribution in [2.75, 3.05) is 18.4 Å². The summed E-state index contributed by atoms with van der Waals surface area (Å²) in [5, 5.41) is 20.6. The van der Waals surface area contributed by atoms with Gasteiger partial charge in [-0.25, -0.2) is 0 Å². The minimum absolute atomic E-state index is 0.138. The number of nitrogens with one attached hydrogen (secondary N) is 2. The highest BCUT2D eigenvalue weighted by Gasteiger charge is 2.45. The van der Waals surface area contributed by atoms with Gasteiger partial charge in [0.05, 0.1) is 29.4 Å². The predicted molar refractivity (Wildman–Crippen MR) is 140 cm³/mol. The van der Waals surface area contributed by atoms with Gasteiger partial charge in [0, 0.05) is 48.9 Å². The van der Waals surface area contributed by atoms with Crippen LogP contribution in [-0.4, -0.2) is 73.7 Å². The van der Waals surface area contributed by atoms with Crippen LogP contribution in [-0.2, 0) is 16.1 Å². The van der Waals surface area contributed by atoms with Crippen molar-refractivity contribution in [2.24, 2.45) is 5.41 Å². The molecule has 0 radical (unpaired) electrons. The minimum Gasteiger partial charge on any atom is -0.380 e. The number of nitrogens with zero attached hydrogens (tertiary/aromatic N) is 4. The maximum atomic E-state index is 13.3. The van der Waals surface area contributed by atoms with Gasteiger partial charge in [-0.2, -0.15) is 5.10 Å². The molecule has 11 heteroatoms. The summed E-state index contributed by atoms with van der Waals surface area (Å²) in [5.74, 6) is -0.962. The van der Waals surface area contributed by atoms with E-state index < -0.39 is 24.1 Å². The number of carbonyl (C=O) groups is 4. The number of anilines is 1. The molecule has 1 aliphatic carbocycles. The fraction of sp³-hybridized carbons (Fsp3) is 0.536. The van der Waals surface area contributed by atoms with E-state index in [4.69, 9.17) is 0 Å². The van der Waals surface area contributed by atoms with E-state index in [2.05, 4.69) is 22.7 Å². The smallest absolute Gasteiger partial charge is 0.264 e. The van der Waals surface area contributed by atoms with Crippen LogP contribution < -0.4 is 10.6 Å². The lowest BCUT2D eigenvalue weighted by molar-refractivity contribution is -0.147. The summed E-state index contributed by atoms with van der Waals surface area (Å²) in [6.07, 6.45) is 7.70. The van der Waals surface area contributed by atoms with E-state index in [0.717, 1.165) is 55.7 Å². The van der Waals surface area contributed by atoms with E-state index in [1.807, 2.05) is 15.8 Å². The Labute approximate surface area is 226 Å². The second kappa shape index (κ2) is 9.78. The number of hydrogen-bond donors (Lipinski definition) is 3. The van der Waals surface area contributed by atoms with E-state index in [9.17, 15) is 24.3 Å². The number of piperidine rings is 2. The van der Waals surface area contributed by atoms with Crippen LogP contribution in [0.1, 0.15) is 84.2 Å². The molecule has 2 saturated heterocycles. The number of benzene rings is 1. The maximum absolute atomic E-state index is 13.3. The molecule has 2 aromatic rings. The number of amides is 4. The first-order chi connectivity index (χ1) is 18.7. The van der Waals surface area contributed by atoms with Crippen molar-refractivity contribution in [1.82, 2.24) is 24.9 Å². The lowest BCUT2D eigenvalue weighted by atomic mass is 9.69. The Hall–Kier alpha value is -3.73. The quantitative estimate of drug-likeness (QED) is 0.483. The summed E-state index contributed by atoms with van der Waals surface area (Å²) < 4.78 is 1.97. The molecule has 1 aromatic heterocycles. The van der Waals surface area contributed by atoms with Crippen LogP contribution in [0.5, 0.6) is 0 Å². The van der Waals surface area contributed by atoms with Crippen LogP contribution in [0.15, 0.2) is 30.6 Å². The Bertz CT molecular complexity index is 1330. The molecule has 11 nitrogen and oxygen atoms in total. The zero-order valence-corrected chi connectivity index (χ0v) is 22.1. The first kappa shape index (κ1) is 25.5. The third kappa shape index (κ3) is 4.48. The molecule has 1 saturated carbocycles. The number of carbonyl (C=O) groups excluding carboxylic acids is 4. The molecular weight excluding hydrogens is 500 g/mol. The Morgan fingerprint density at radius 3 is 2.62 bits per heavy atom. The number of likely N-dealkylation sites (tertiary alicyclic amines) is 1. The molecule has 3 N–H and O–H groups in total. The van der Waals surface area contributed by atoms with Gasteiger partial charge < -0.3 is 20.6 Å². The van der Waals surface area contributed by atoms with Crippen LogP contribution in [0.2, 0.25) is 0 Å². The van der Waals surface area contributed by atoms with Crippen molar-refractivity contribution in [1.29, 1.82) is 0 Å². The Morgan fingerprint density at radius 1 is 1.15 bits per heavy atom. The van der Waals surface area contributed by atoms with Gasteiger partial charge >= 0.3 is 0 Å². The van der Waals surface area contributed by atoms with E-state index in [1.54, 1.807) is 24.4 Å². The number of aliphatic hydroxyl groups is 1. The lowest BCUT2D eigenvalue weighted by Gasteiger charge is -2.43. The van der Waals surface area contributed by atoms with Gasteiger partial charge in [0.2, 0.25) is 11.8 Å². The minimum atomic E-state index is -1.29. The van der Waals surface area contributed by atoms with E-state index in [1.165, 1.54) is 0 Å². The van der Waals surface area contributed by atoms with Gasteiger partial charge in [-0.1, -0.05) is 19.4 Å². The number of aromatic nitrogens is 2. The Kier molecular flexibility index (Phi) is 6.41. The fourth-order valence-electron chi connectivity index (χ4n) is 6.29. The highest BCUT2D eigenvalue weighted by Crippen LogP contribution is 2.42. The van der Waals surface area contributed by atoms with Crippen LogP contribution in [0, 0.1) is 5.41 Å².